The molecule has 0 atom stereocenters. The molecule has 1 saturated carbocycles. The average molecular weight is 477 g/mol. The largest absolute Gasteiger partial charge is 0.493 e. The lowest BCUT2D eigenvalue weighted by Crippen LogP contribution is -2.20. The number of carbonyl (C=O) groups excluding carboxylic acids is 1. The van der Waals surface area contributed by atoms with E-state index >= 15 is 0 Å². The van der Waals surface area contributed by atoms with Crippen molar-refractivity contribution in [1.82, 2.24) is 0 Å². The molecule has 6 heteroatoms. The summed E-state index contributed by atoms with van der Waals surface area (Å²) in [5.41, 5.74) is 0.202. The molecule has 0 amide bonds. The van der Waals surface area contributed by atoms with Crippen LogP contribution in [0.25, 0.3) is 0 Å². The van der Waals surface area contributed by atoms with E-state index in [1.807, 2.05) is 0 Å². The van der Waals surface area contributed by atoms with Crippen molar-refractivity contribution in [3.05, 3.63) is 59.4 Å². The average Bonchev–Trinajstić information content (AvgIpc) is 2.84. The van der Waals surface area contributed by atoms with Gasteiger partial charge in [0.05, 0.1) is 12.2 Å². The first-order valence-electron chi connectivity index (χ1n) is 12.6. The molecule has 1 aliphatic rings. The Morgan fingerprint density at radius 1 is 0.824 bits per heavy atom. The number of benzene rings is 2. The first-order valence-corrected chi connectivity index (χ1v) is 12.6. The Balaban J connectivity index is 1.36. The zero-order chi connectivity index (χ0) is 24.3. The highest BCUT2D eigenvalue weighted by Crippen LogP contribution is 2.32. The minimum atomic E-state index is -1.60. The molecule has 0 radical (unpaired) electrons. The third kappa shape index (κ3) is 8.07. The Bertz CT molecular complexity index is 883. The van der Waals surface area contributed by atoms with Gasteiger partial charge in [-0.05, 0) is 48.9 Å². The molecule has 186 valence electrons. The number of halogens is 3. The molecule has 1 aliphatic carbocycles. The van der Waals surface area contributed by atoms with E-state index in [9.17, 15) is 18.0 Å². The van der Waals surface area contributed by atoms with Crippen molar-refractivity contribution < 1.29 is 27.4 Å². The van der Waals surface area contributed by atoms with Gasteiger partial charge in [0.25, 0.3) is 0 Å². The molecule has 0 saturated heterocycles. The lowest BCUT2D eigenvalue weighted by atomic mass is 9.80. The second-order valence-electron chi connectivity index (χ2n) is 9.37. The van der Waals surface area contributed by atoms with Gasteiger partial charge < -0.3 is 9.47 Å². The lowest BCUT2D eigenvalue weighted by Gasteiger charge is -2.28. The number of esters is 1. The van der Waals surface area contributed by atoms with Crippen molar-refractivity contribution in [3.8, 4) is 11.5 Å². The number of carbonyl (C=O) groups is 1. The van der Waals surface area contributed by atoms with Gasteiger partial charge in [0.1, 0.15) is 11.5 Å². The number of ether oxygens (including phenoxy) is 2. The highest BCUT2D eigenvalue weighted by Gasteiger charge is 2.21. The summed E-state index contributed by atoms with van der Waals surface area (Å²) in [5.74, 6) is -3.55. The third-order valence-corrected chi connectivity index (χ3v) is 6.68. The third-order valence-electron chi connectivity index (χ3n) is 6.68. The van der Waals surface area contributed by atoms with Crippen LogP contribution in [0.15, 0.2) is 36.4 Å². The predicted octanol–water partition coefficient (Wildman–Crippen LogP) is 8.26. The summed E-state index contributed by atoms with van der Waals surface area (Å²) in [6, 6.07) is 7.68. The van der Waals surface area contributed by atoms with Crippen molar-refractivity contribution in [1.29, 1.82) is 0 Å². The van der Waals surface area contributed by atoms with Gasteiger partial charge >= 0.3 is 5.97 Å². The van der Waals surface area contributed by atoms with Crippen LogP contribution in [0, 0.1) is 29.3 Å². The van der Waals surface area contributed by atoms with Gasteiger partial charge in [-0.15, -0.1) is 0 Å². The number of unbranched alkanes of at least 4 members (excludes halogenated alkanes) is 5. The van der Waals surface area contributed by atoms with Crippen molar-refractivity contribution in [2.24, 2.45) is 11.8 Å². The van der Waals surface area contributed by atoms with Crippen LogP contribution in [0.3, 0.4) is 0 Å². The van der Waals surface area contributed by atoms with Crippen LogP contribution in [-0.4, -0.2) is 12.6 Å². The summed E-state index contributed by atoms with van der Waals surface area (Å²) in [6.45, 7) is 2.90. The molecular formula is C28H35F3O3. The van der Waals surface area contributed by atoms with Crippen LogP contribution in [0.5, 0.6) is 11.5 Å². The van der Waals surface area contributed by atoms with Crippen molar-refractivity contribution in [2.45, 2.75) is 77.6 Å². The van der Waals surface area contributed by atoms with Crippen LogP contribution in [-0.2, 0) is 0 Å². The molecule has 2 aromatic carbocycles. The maximum absolute atomic E-state index is 13.3. The first-order chi connectivity index (χ1) is 16.5. The number of hydrogen-bond donors (Lipinski definition) is 0. The van der Waals surface area contributed by atoms with Crippen molar-refractivity contribution >= 4 is 5.97 Å². The smallest absolute Gasteiger partial charge is 0.343 e. The summed E-state index contributed by atoms with van der Waals surface area (Å²) < 4.78 is 50.5. The molecule has 0 aromatic heterocycles. The van der Waals surface area contributed by atoms with E-state index in [4.69, 9.17) is 9.47 Å². The summed E-state index contributed by atoms with van der Waals surface area (Å²) in [5, 5.41) is 0. The number of rotatable bonds is 12. The fraction of sp³-hybridized carbons (Fsp3) is 0.536. The number of hydrogen-bond acceptors (Lipinski definition) is 3. The summed E-state index contributed by atoms with van der Waals surface area (Å²) in [7, 11) is 0. The van der Waals surface area contributed by atoms with E-state index in [2.05, 4.69) is 6.92 Å². The highest BCUT2D eigenvalue weighted by molar-refractivity contribution is 5.91. The van der Waals surface area contributed by atoms with Gasteiger partial charge in [-0.25, -0.2) is 18.0 Å². The quantitative estimate of drug-likeness (QED) is 0.134. The Morgan fingerprint density at radius 3 is 2.06 bits per heavy atom. The molecule has 3 rings (SSSR count). The van der Waals surface area contributed by atoms with E-state index in [1.165, 1.54) is 82.8 Å². The van der Waals surface area contributed by atoms with Gasteiger partial charge in [-0.3, -0.25) is 0 Å². The molecule has 0 aliphatic heterocycles. The molecule has 0 spiro atoms. The maximum atomic E-state index is 13.3. The van der Waals surface area contributed by atoms with Gasteiger partial charge in [-0.1, -0.05) is 64.7 Å². The minimum Gasteiger partial charge on any atom is -0.493 e. The fourth-order valence-corrected chi connectivity index (χ4v) is 4.56. The molecule has 0 heterocycles. The SMILES string of the molecule is CCCCCCCC[C@H]1CC[C@H](COc2ccc(C(=O)Oc3cc(F)c(F)c(F)c3)cc2)CC1. The Kier molecular flexibility index (Phi) is 10.3. The summed E-state index contributed by atoms with van der Waals surface area (Å²) >= 11 is 0. The van der Waals surface area contributed by atoms with Gasteiger partial charge in [0.2, 0.25) is 0 Å². The normalized spacial score (nSPS) is 18.0. The summed E-state index contributed by atoms with van der Waals surface area (Å²) in [6.07, 6.45) is 14.4. The second kappa shape index (κ2) is 13.4. The van der Waals surface area contributed by atoms with E-state index in [0.717, 1.165) is 5.92 Å². The van der Waals surface area contributed by atoms with Gasteiger partial charge in [0.15, 0.2) is 17.5 Å². The van der Waals surface area contributed by atoms with Crippen LogP contribution < -0.4 is 9.47 Å². The van der Waals surface area contributed by atoms with E-state index in [1.54, 1.807) is 12.1 Å². The van der Waals surface area contributed by atoms with E-state index < -0.39 is 29.2 Å². The van der Waals surface area contributed by atoms with E-state index in [-0.39, 0.29) is 5.56 Å². The fourth-order valence-electron chi connectivity index (χ4n) is 4.56. The van der Waals surface area contributed by atoms with Gasteiger partial charge in [0, 0.05) is 12.1 Å². The summed E-state index contributed by atoms with van der Waals surface area (Å²) in [4.78, 5) is 12.2. The molecule has 34 heavy (non-hydrogen) atoms. The maximum Gasteiger partial charge on any atom is 0.343 e. The molecular weight excluding hydrogens is 441 g/mol. The Morgan fingerprint density at radius 2 is 1.41 bits per heavy atom. The Labute approximate surface area is 200 Å². The lowest BCUT2D eigenvalue weighted by molar-refractivity contribution is 0.0733. The molecule has 0 unspecified atom stereocenters. The van der Waals surface area contributed by atoms with Crippen molar-refractivity contribution in [2.75, 3.05) is 6.61 Å². The van der Waals surface area contributed by atoms with E-state index in [0.29, 0.717) is 30.4 Å². The Hall–Kier alpha value is -2.50. The minimum absolute atomic E-state index is 0.202. The zero-order valence-corrected chi connectivity index (χ0v) is 20.0. The van der Waals surface area contributed by atoms with Crippen LogP contribution in [0.2, 0.25) is 0 Å². The first kappa shape index (κ1) is 26.1. The van der Waals surface area contributed by atoms with Crippen LogP contribution >= 0.6 is 0 Å². The molecule has 3 nitrogen and oxygen atoms in total. The molecule has 1 fully saturated rings. The standard InChI is InChI=1S/C28H35F3O3/c1-2-3-4-5-6-7-8-20-9-11-21(12-10-20)19-33-23-15-13-22(14-16-23)28(32)34-24-17-25(29)27(31)26(30)18-24/h13-18,20-21H,2-12,19H2,1H3/t20-,21-. The zero-order valence-electron chi connectivity index (χ0n) is 20.0. The second-order valence-corrected chi connectivity index (χ2v) is 9.37. The topological polar surface area (TPSA) is 35.5 Å². The molecule has 2 aromatic rings. The highest BCUT2D eigenvalue weighted by atomic mass is 19.2. The van der Waals surface area contributed by atoms with Crippen LogP contribution in [0.1, 0.15) is 87.9 Å². The van der Waals surface area contributed by atoms with Gasteiger partial charge in [-0.2, -0.15) is 0 Å². The predicted molar refractivity (Wildman–Crippen MR) is 127 cm³/mol. The van der Waals surface area contributed by atoms with Crippen molar-refractivity contribution in [3.63, 3.8) is 0 Å². The van der Waals surface area contributed by atoms with Crippen LogP contribution in [0.4, 0.5) is 13.2 Å². The molecule has 0 bridgehead atoms. The molecule has 0 N–H and O–H groups in total. The monoisotopic (exact) mass is 476 g/mol.